The molecule has 4 nitrogen and oxygen atoms in total. The third-order valence-corrected chi connectivity index (χ3v) is 9.29. The lowest BCUT2D eigenvalue weighted by atomic mass is 9.93. The molecule has 0 aliphatic rings. The summed E-state index contributed by atoms with van der Waals surface area (Å²) in [7, 11) is 0. The standard InChI is InChI=1S/C43H25N3O/c1-2-10-29(11-3-1)41-44-42(46-43(45-41)35-14-8-16-38-40(35)34-13-6-7-15-37(34)47-38)30-20-18-27-17-19-28-22-23-32-31-12-5-4-9-26(31)21-24-33(32)39(28)36(27)25-30/h1-25H. The van der Waals surface area contributed by atoms with E-state index in [-0.39, 0.29) is 0 Å². The van der Waals surface area contributed by atoms with Crippen LogP contribution in [0.4, 0.5) is 0 Å². The average Bonchev–Trinajstić information content (AvgIpc) is 3.53. The molecule has 0 aliphatic carbocycles. The first-order valence-electron chi connectivity index (χ1n) is 15.8. The number of furan rings is 1. The van der Waals surface area contributed by atoms with Crippen LogP contribution in [0.2, 0.25) is 0 Å². The minimum Gasteiger partial charge on any atom is -0.456 e. The topological polar surface area (TPSA) is 51.8 Å². The summed E-state index contributed by atoms with van der Waals surface area (Å²) in [6.07, 6.45) is 0. The molecular weight excluding hydrogens is 574 g/mol. The van der Waals surface area contributed by atoms with E-state index in [0.717, 1.165) is 38.6 Å². The number of hydrogen-bond donors (Lipinski definition) is 0. The Morgan fingerprint density at radius 1 is 0.340 bits per heavy atom. The van der Waals surface area contributed by atoms with E-state index in [4.69, 9.17) is 19.4 Å². The molecule has 10 rings (SSSR count). The zero-order valence-corrected chi connectivity index (χ0v) is 25.2. The number of rotatable bonds is 3. The van der Waals surface area contributed by atoms with Crippen molar-refractivity contribution in [3.8, 4) is 34.2 Å². The molecule has 0 aliphatic heterocycles. The highest BCUT2D eigenvalue weighted by Crippen LogP contribution is 2.39. The van der Waals surface area contributed by atoms with E-state index in [1.807, 2.05) is 60.7 Å². The summed E-state index contributed by atoms with van der Waals surface area (Å²) < 4.78 is 6.22. The van der Waals surface area contributed by atoms with Crippen LogP contribution < -0.4 is 0 Å². The highest BCUT2D eigenvalue weighted by atomic mass is 16.3. The fraction of sp³-hybridized carbons (Fsp3) is 0. The first kappa shape index (κ1) is 25.9. The Labute approximate surface area is 269 Å². The summed E-state index contributed by atoms with van der Waals surface area (Å²) in [5, 5.41) is 11.8. The number of hydrogen-bond acceptors (Lipinski definition) is 4. The van der Waals surface area contributed by atoms with Gasteiger partial charge in [0.1, 0.15) is 11.2 Å². The van der Waals surface area contributed by atoms with E-state index < -0.39 is 0 Å². The van der Waals surface area contributed by atoms with Crippen LogP contribution in [0.1, 0.15) is 0 Å². The first-order valence-corrected chi connectivity index (χ1v) is 15.8. The summed E-state index contributed by atoms with van der Waals surface area (Å²) in [4.78, 5) is 15.3. The van der Waals surface area contributed by atoms with Crippen LogP contribution in [0.15, 0.2) is 156 Å². The summed E-state index contributed by atoms with van der Waals surface area (Å²) in [5.74, 6) is 1.87. The van der Waals surface area contributed by atoms with Gasteiger partial charge in [-0.2, -0.15) is 0 Å². The molecule has 0 saturated heterocycles. The SMILES string of the molecule is c1ccc(-c2nc(-c3ccc4ccc5ccc6c7ccccc7ccc6c5c4c3)nc(-c3cccc4oc5ccccc5c34)n2)cc1. The Morgan fingerprint density at radius 3 is 1.89 bits per heavy atom. The third-order valence-electron chi connectivity index (χ3n) is 9.29. The number of fused-ring (bicyclic) bond motifs is 10. The lowest BCUT2D eigenvalue weighted by Gasteiger charge is -2.12. The van der Waals surface area contributed by atoms with Crippen molar-refractivity contribution in [3.63, 3.8) is 0 Å². The molecule has 0 fully saturated rings. The Hall–Kier alpha value is -6.39. The van der Waals surface area contributed by atoms with Gasteiger partial charge in [-0.25, -0.2) is 15.0 Å². The lowest BCUT2D eigenvalue weighted by Crippen LogP contribution is -2.00. The second-order valence-corrected chi connectivity index (χ2v) is 12.0. The van der Waals surface area contributed by atoms with E-state index in [1.54, 1.807) is 0 Å². The first-order chi connectivity index (χ1) is 23.3. The van der Waals surface area contributed by atoms with Crippen molar-refractivity contribution < 1.29 is 4.42 Å². The van der Waals surface area contributed by atoms with Crippen molar-refractivity contribution in [2.75, 3.05) is 0 Å². The van der Waals surface area contributed by atoms with E-state index in [2.05, 4.69) is 91.0 Å². The zero-order valence-electron chi connectivity index (χ0n) is 25.2. The van der Waals surface area contributed by atoms with Crippen LogP contribution in [0.25, 0.3) is 99.2 Å². The molecule has 2 aromatic heterocycles. The van der Waals surface area contributed by atoms with Gasteiger partial charge in [0.2, 0.25) is 0 Å². The Balaban J connectivity index is 1.25. The second-order valence-electron chi connectivity index (χ2n) is 12.0. The van der Waals surface area contributed by atoms with Gasteiger partial charge in [-0.15, -0.1) is 0 Å². The average molecular weight is 600 g/mol. The predicted molar refractivity (Wildman–Crippen MR) is 193 cm³/mol. The number of benzene rings is 8. The summed E-state index contributed by atoms with van der Waals surface area (Å²) >= 11 is 0. The lowest BCUT2D eigenvalue weighted by molar-refractivity contribution is 0.669. The monoisotopic (exact) mass is 599 g/mol. The quantitative estimate of drug-likeness (QED) is 0.190. The maximum atomic E-state index is 6.22. The molecule has 47 heavy (non-hydrogen) atoms. The maximum Gasteiger partial charge on any atom is 0.164 e. The molecule has 8 aromatic carbocycles. The third kappa shape index (κ3) is 4.05. The molecular formula is C43H25N3O. The number of aromatic nitrogens is 3. The van der Waals surface area contributed by atoms with Crippen molar-refractivity contribution >= 4 is 65.0 Å². The van der Waals surface area contributed by atoms with E-state index in [9.17, 15) is 0 Å². The molecule has 0 radical (unpaired) electrons. The van der Waals surface area contributed by atoms with E-state index in [1.165, 1.54) is 43.1 Å². The molecule has 0 N–H and O–H groups in total. The minimum atomic E-state index is 0.612. The van der Waals surface area contributed by atoms with Gasteiger partial charge in [0, 0.05) is 27.5 Å². The van der Waals surface area contributed by atoms with Crippen LogP contribution in [0.5, 0.6) is 0 Å². The molecule has 0 amide bonds. The van der Waals surface area contributed by atoms with Gasteiger partial charge in [-0.1, -0.05) is 133 Å². The predicted octanol–water partition coefficient (Wildman–Crippen LogP) is 11.4. The Bertz CT molecular complexity index is 2850. The van der Waals surface area contributed by atoms with Gasteiger partial charge in [-0.05, 0) is 61.3 Å². The van der Waals surface area contributed by atoms with Gasteiger partial charge in [0.05, 0.1) is 0 Å². The van der Waals surface area contributed by atoms with E-state index >= 15 is 0 Å². The van der Waals surface area contributed by atoms with Crippen LogP contribution in [-0.4, -0.2) is 15.0 Å². The molecule has 4 heteroatoms. The van der Waals surface area contributed by atoms with Crippen molar-refractivity contribution in [2.45, 2.75) is 0 Å². The largest absolute Gasteiger partial charge is 0.456 e. The van der Waals surface area contributed by atoms with Crippen LogP contribution in [0, 0.1) is 0 Å². The van der Waals surface area contributed by atoms with Crippen molar-refractivity contribution in [1.82, 2.24) is 15.0 Å². The summed E-state index contributed by atoms with van der Waals surface area (Å²) in [6, 6.07) is 52.9. The van der Waals surface area contributed by atoms with Gasteiger partial charge in [0.15, 0.2) is 17.5 Å². The molecule has 0 bridgehead atoms. The molecule has 0 unspecified atom stereocenters. The smallest absolute Gasteiger partial charge is 0.164 e. The minimum absolute atomic E-state index is 0.612. The highest BCUT2D eigenvalue weighted by molar-refractivity contribution is 6.25. The van der Waals surface area contributed by atoms with Crippen molar-refractivity contribution in [2.24, 2.45) is 0 Å². The molecule has 0 spiro atoms. The zero-order chi connectivity index (χ0) is 30.9. The molecule has 0 saturated carbocycles. The fourth-order valence-electron chi connectivity index (χ4n) is 7.08. The van der Waals surface area contributed by atoms with Crippen molar-refractivity contribution in [1.29, 1.82) is 0 Å². The Kier molecular flexibility index (Phi) is 5.54. The molecule has 2 heterocycles. The maximum absolute atomic E-state index is 6.22. The Morgan fingerprint density at radius 2 is 0.979 bits per heavy atom. The van der Waals surface area contributed by atoms with Gasteiger partial charge < -0.3 is 4.42 Å². The molecule has 218 valence electrons. The van der Waals surface area contributed by atoms with Crippen LogP contribution >= 0.6 is 0 Å². The van der Waals surface area contributed by atoms with Gasteiger partial charge >= 0.3 is 0 Å². The molecule has 0 atom stereocenters. The van der Waals surface area contributed by atoms with Crippen molar-refractivity contribution in [3.05, 3.63) is 152 Å². The van der Waals surface area contributed by atoms with Crippen LogP contribution in [0.3, 0.4) is 0 Å². The summed E-state index contributed by atoms with van der Waals surface area (Å²) in [6.45, 7) is 0. The van der Waals surface area contributed by atoms with Gasteiger partial charge in [-0.3, -0.25) is 0 Å². The second kappa shape index (κ2) is 10.1. The summed E-state index contributed by atoms with van der Waals surface area (Å²) in [5.41, 5.74) is 4.44. The normalized spacial score (nSPS) is 11.8. The van der Waals surface area contributed by atoms with Gasteiger partial charge in [0.25, 0.3) is 0 Å². The fourth-order valence-corrected chi connectivity index (χ4v) is 7.08. The molecule has 10 aromatic rings. The number of nitrogens with zero attached hydrogens (tertiary/aromatic N) is 3. The highest BCUT2D eigenvalue weighted by Gasteiger charge is 2.18. The van der Waals surface area contributed by atoms with E-state index in [0.29, 0.717) is 17.5 Å². The number of para-hydroxylation sites is 1. The van der Waals surface area contributed by atoms with Crippen LogP contribution in [-0.2, 0) is 0 Å².